The average molecular weight is 409 g/mol. The number of hydrogen-bond donors (Lipinski definition) is 1. The van der Waals surface area contributed by atoms with Crippen molar-refractivity contribution in [2.45, 2.75) is 40.0 Å². The van der Waals surface area contributed by atoms with E-state index in [1.165, 1.54) is 24.8 Å². The summed E-state index contributed by atoms with van der Waals surface area (Å²) in [5.41, 5.74) is 3.16. The van der Waals surface area contributed by atoms with Crippen molar-refractivity contribution in [1.82, 2.24) is 14.9 Å². The number of amides is 2. The molecule has 0 saturated carbocycles. The standard InChI is InChI=1S/C23H32N6O/c1-17-7-8-20(18(2)15-17)26-23(30)29-13-11-28(12-14-29)22-16-21(24-19(3)25-22)27-9-5-4-6-10-27/h7-8,15-16H,4-6,9-14H2,1-3H3,(H,26,30). The van der Waals surface area contributed by atoms with Crippen LogP contribution >= 0.6 is 0 Å². The highest BCUT2D eigenvalue weighted by molar-refractivity contribution is 5.90. The lowest BCUT2D eigenvalue weighted by atomic mass is 10.1. The van der Waals surface area contributed by atoms with Crippen molar-refractivity contribution in [2.75, 3.05) is 54.4 Å². The number of carbonyl (C=O) groups is 1. The lowest BCUT2D eigenvalue weighted by Crippen LogP contribution is -2.50. The first kappa shape index (κ1) is 20.4. The molecule has 0 unspecified atom stereocenters. The van der Waals surface area contributed by atoms with Gasteiger partial charge in [0.1, 0.15) is 17.5 Å². The zero-order valence-corrected chi connectivity index (χ0v) is 18.3. The van der Waals surface area contributed by atoms with Gasteiger partial charge < -0.3 is 20.0 Å². The van der Waals surface area contributed by atoms with Crippen molar-refractivity contribution in [3.05, 3.63) is 41.2 Å². The molecule has 2 amide bonds. The van der Waals surface area contributed by atoms with Crippen molar-refractivity contribution in [2.24, 2.45) is 0 Å². The van der Waals surface area contributed by atoms with Crippen LogP contribution < -0.4 is 15.1 Å². The van der Waals surface area contributed by atoms with Crippen molar-refractivity contribution >= 4 is 23.4 Å². The first-order valence-electron chi connectivity index (χ1n) is 11.0. The van der Waals surface area contributed by atoms with Gasteiger partial charge >= 0.3 is 6.03 Å². The summed E-state index contributed by atoms with van der Waals surface area (Å²) in [5, 5.41) is 3.06. The number of nitrogens with zero attached hydrogens (tertiary/aromatic N) is 5. The van der Waals surface area contributed by atoms with Crippen LogP contribution in [0.4, 0.5) is 22.1 Å². The van der Waals surface area contributed by atoms with Gasteiger partial charge in [0.15, 0.2) is 0 Å². The smallest absolute Gasteiger partial charge is 0.321 e. The van der Waals surface area contributed by atoms with Gasteiger partial charge in [-0.2, -0.15) is 0 Å². The first-order chi connectivity index (χ1) is 14.5. The molecule has 2 fully saturated rings. The summed E-state index contributed by atoms with van der Waals surface area (Å²) in [5.74, 6) is 2.81. The van der Waals surface area contributed by atoms with E-state index < -0.39 is 0 Å². The molecule has 7 heteroatoms. The molecule has 160 valence electrons. The molecule has 0 bridgehead atoms. The van der Waals surface area contributed by atoms with Crippen LogP contribution in [-0.2, 0) is 0 Å². The van der Waals surface area contributed by atoms with E-state index in [-0.39, 0.29) is 6.03 Å². The number of piperidine rings is 1. The van der Waals surface area contributed by atoms with Gasteiger partial charge in [-0.25, -0.2) is 14.8 Å². The maximum absolute atomic E-state index is 12.7. The van der Waals surface area contributed by atoms with Crippen LogP contribution in [0, 0.1) is 20.8 Å². The van der Waals surface area contributed by atoms with Crippen LogP contribution in [-0.4, -0.2) is 60.2 Å². The molecule has 0 spiro atoms. The van der Waals surface area contributed by atoms with E-state index in [2.05, 4.69) is 44.1 Å². The number of rotatable bonds is 3. The number of aryl methyl sites for hydroxylation is 3. The lowest BCUT2D eigenvalue weighted by molar-refractivity contribution is 0.208. The number of nitrogens with one attached hydrogen (secondary N) is 1. The predicted molar refractivity (Wildman–Crippen MR) is 122 cm³/mol. The van der Waals surface area contributed by atoms with Gasteiger partial charge in [0.2, 0.25) is 0 Å². The molecule has 1 N–H and O–H groups in total. The van der Waals surface area contributed by atoms with Crippen molar-refractivity contribution in [1.29, 1.82) is 0 Å². The fourth-order valence-corrected chi connectivity index (χ4v) is 4.27. The maximum atomic E-state index is 12.7. The Morgan fingerprint density at radius 3 is 2.10 bits per heavy atom. The lowest BCUT2D eigenvalue weighted by Gasteiger charge is -2.36. The molecule has 1 aromatic heterocycles. The summed E-state index contributed by atoms with van der Waals surface area (Å²) in [4.78, 5) is 28.6. The van der Waals surface area contributed by atoms with E-state index >= 15 is 0 Å². The molecule has 3 heterocycles. The molecule has 0 aliphatic carbocycles. The van der Waals surface area contributed by atoms with E-state index in [9.17, 15) is 4.79 Å². The molecule has 0 radical (unpaired) electrons. The third-order valence-corrected chi connectivity index (χ3v) is 6.01. The van der Waals surface area contributed by atoms with Crippen molar-refractivity contribution < 1.29 is 4.79 Å². The highest BCUT2D eigenvalue weighted by Crippen LogP contribution is 2.23. The zero-order valence-electron chi connectivity index (χ0n) is 18.3. The minimum Gasteiger partial charge on any atom is -0.356 e. The Balaban J connectivity index is 1.38. The molecule has 2 saturated heterocycles. The van der Waals surface area contributed by atoms with Crippen molar-refractivity contribution in [3.8, 4) is 0 Å². The molecular formula is C23H32N6O. The zero-order chi connectivity index (χ0) is 21.1. The molecule has 0 atom stereocenters. The second-order valence-corrected chi connectivity index (χ2v) is 8.40. The summed E-state index contributed by atoms with van der Waals surface area (Å²) in [6, 6.07) is 8.17. The Morgan fingerprint density at radius 2 is 1.47 bits per heavy atom. The van der Waals surface area contributed by atoms with Gasteiger partial charge in [-0.05, 0) is 51.7 Å². The largest absolute Gasteiger partial charge is 0.356 e. The van der Waals surface area contributed by atoms with E-state index in [0.29, 0.717) is 13.1 Å². The van der Waals surface area contributed by atoms with Gasteiger partial charge in [-0.15, -0.1) is 0 Å². The maximum Gasteiger partial charge on any atom is 0.321 e. The Labute approximate surface area is 179 Å². The molecule has 2 aliphatic heterocycles. The van der Waals surface area contributed by atoms with E-state index in [0.717, 1.165) is 54.9 Å². The summed E-state index contributed by atoms with van der Waals surface area (Å²) >= 11 is 0. The fourth-order valence-electron chi connectivity index (χ4n) is 4.27. The molecule has 2 aromatic rings. The SMILES string of the molecule is Cc1ccc(NC(=O)N2CCN(c3cc(N4CCCCC4)nc(C)n3)CC2)c(C)c1. The monoisotopic (exact) mass is 408 g/mol. The number of piperazine rings is 1. The van der Waals surface area contributed by atoms with Crippen LogP contribution in [0.1, 0.15) is 36.2 Å². The number of aromatic nitrogens is 2. The topological polar surface area (TPSA) is 64.6 Å². The van der Waals surface area contributed by atoms with Crippen LogP contribution in [0.5, 0.6) is 0 Å². The highest BCUT2D eigenvalue weighted by Gasteiger charge is 2.23. The van der Waals surface area contributed by atoms with Crippen LogP contribution in [0.25, 0.3) is 0 Å². The van der Waals surface area contributed by atoms with Gasteiger partial charge in [-0.3, -0.25) is 0 Å². The number of benzene rings is 1. The highest BCUT2D eigenvalue weighted by atomic mass is 16.2. The summed E-state index contributed by atoms with van der Waals surface area (Å²) in [7, 11) is 0. The molecule has 7 nitrogen and oxygen atoms in total. The molecule has 30 heavy (non-hydrogen) atoms. The summed E-state index contributed by atoms with van der Waals surface area (Å²) < 4.78 is 0. The third-order valence-electron chi connectivity index (χ3n) is 6.01. The fraction of sp³-hybridized carbons (Fsp3) is 0.522. The Kier molecular flexibility index (Phi) is 6.06. The van der Waals surface area contributed by atoms with E-state index in [1.54, 1.807) is 0 Å². The number of urea groups is 1. The molecule has 4 rings (SSSR count). The van der Waals surface area contributed by atoms with Gasteiger partial charge in [-0.1, -0.05) is 17.7 Å². The predicted octanol–water partition coefficient (Wildman–Crippen LogP) is 3.75. The average Bonchev–Trinajstić information content (AvgIpc) is 2.76. The number of anilines is 3. The van der Waals surface area contributed by atoms with Crippen LogP contribution in [0.3, 0.4) is 0 Å². The summed E-state index contributed by atoms with van der Waals surface area (Å²) in [6.45, 7) is 11.1. The molecular weight excluding hydrogens is 376 g/mol. The normalized spacial score (nSPS) is 17.2. The third kappa shape index (κ3) is 4.66. The quantitative estimate of drug-likeness (QED) is 0.838. The van der Waals surface area contributed by atoms with Gasteiger partial charge in [0.05, 0.1) is 0 Å². The minimum absolute atomic E-state index is 0.0329. The van der Waals surface area contributed by atoms with Crippen LogP contribution in [0.15, 0.2) is 24.3 Å². The summed E-state index contributed by atoms with van der Waals surface area (Å²) in [6.07, 6.45) is 3.76. The molecule has 1 aromatic carbocycles. The molecule has 2 aliphatic rings. The number of carbonyl (C=O) groups excluding carboxylic acids is 1. The van der Waals surface area contributed by atoms with Gasteiger partial charge in [0, 0.05) is 51.0 Å². The Bertz CT molecular complexity index is 901. The van der Waals surface area contributed by atoms with Crippen molar-refractivity contribution in [3.63, 3.8) is 0 Å². The van der Waals surface area contributed by atoms with Crippen LogP contribution in [0.2, 0.25) is 0 Å². The minimum atomic E-state index is -0.0329. The first-order valence-corrected chi connectivity index (χ1v) is 11.0. The van der Waals surface area contributed by atoms with Gasteiger partial charge in [0.25, 0.3) is 0 Å². The number of hydrogen-bond acceptors (Lipinski definition) is 5. The second-order valence-electron chi connectivity index (χ2n) is 8.40. The Morgan fingerprint density at radius 1 is 0.833 bits per heavy atom. The van der Waals surface area contributed by atoms with E-state index in [1.807, 2.05) is 30.9 Å². The Hall–Kier alpha value is -2.83. The second kappa shape index (κ2) is 8.90. The van der Waals surface area contributed by atoms with E-state index in [4.69, 9.17) is 0 Å².